The molecule has 1 aliphatic rings. The predicted octanol–water partition coefficient (Wildman–Crippen LogP) is 1.29. The van der Waals surface area contributed by atoms with Gasteiger partial charge in [-0.3, -0.25) is 9.48 Å². The fourth-order valence-corrected chi connectivity index (χ4v) is 2.71. The van der Waals surface area contributed by atoms with Crippen molar-refractivity contribution >= 4 is 11.6 Å². The van der Waals surface area contributed by atoms with E-state index >= 15 is 0 Å². The first-order valence-electron chi connectivity index (χ1n) is 6.64. The molecule has 0 spiro atoms. The first-order chi connectivity index (χ1) is 9.56. The number of amides is 1. The van der Waals surface area contributed by atoms with Gasteiger partial charge in [0.1, 0.15) is 0 Å². The summed E-state index contributed by atoms with van der Waals surface area (Å²) in [5, 5.41) is 14.2. The average molecular weight is 271 g/mol. The van der Waals surface area contributed by atoms with Crippen molar-refractivity contribution in [3.8, 4) is 0 Å². The number of fused-ring (bicyclic) bond motifs is 1. The molecule has 2 heterocycles. The highest BCUT2D eigenvalue weighted by Gasteiger charge is 2.29. The van der Waals surface area contributed by atoms with Crippen molar-refractivity contribution in [2.75, 3.05) is 11.4 Å². The first kappa shape index (κ1) is 12.9. The van der Waals surface area contributed by atoms with Crippen LogP contribution in [0, 0.1) is 6.92 Å². The van der Waals surface area contributed by atoms with Crippen molar-refractivity contribution in [3.05, 3.63) is 47.3 Å². The molecule has 5 heteroatoms. The van der Waals surface area contributed by atoms with Gasteiger partial charge in [-0.1, -0.05) is 18.2 Å². The van der Waals surface area contributed by atoms with Gasteiger partial charge in [0.2, 0.25) is 0 Å². The molecule has 0 fully saturated rings. The Labute approximate surface area is 117 Å². The molecule has 0 saturated carbocycles. The number of carbonyl (C=O) groups is 1. The molecule has 1 aromatic heterocycles. The van der Waals surface area contributed by atoms with Crippen molar-refractivity contribution in [2.24, 2.45) is 7.05 Å². The lowest BCUT2D eigenvalue weighted by molar-refractivity contribution is 0.0948. The highest BCUT2D eigenvalue weighted by molar-refractivity contribution is 6.06. The molecule has 0 saturated heterocycles. The van der Waals surface area contributed by atoms with E-state index in [0.717, 1.165) is 16.8 Å². The summed E-state index contributed by atoms with van der Waals surface area (Å²) in [7, 11) is 1.79. The van der Waals surface area contributed by atoms with Crippen LogP contribution in [0.25, 0.3) is 0 Å². The molecule has 2 aromatic rings. The lowest BCUT2D eigenvalue weighted by atomic mass is 9.99. The SMILES string of the molecule is Cc1cn(C)nc1C(=O)N1CC(O)Cc2ccccc21. The van der Waals surface area contributed by atoms with E-state index in [1.54, 1.807) is 16.6 Å². The molecule has 5 nitrogen and oxygen atoms in total. The van der Waals surface area contributed by atoms with Crippen molar-refractivity contribution in [3.63, 3.8) is 0 Å². The van der Waals surface area contributed by atoms with Crippen LogP contribution in [0.3, 0.4) is 0 Å². The van der Waals surface area contributed by atoms with Gasteiger partial charge >= 0.3 is 0 Å². The van der Waals surface area contributed by atoms with E-state index in [2.05, 4.69) is 5.10 Å². The number of anilines is 1. The van der Waals surface area contributed by atoms with E-state index in [1.807, 2.05) is 37.4 Å². The fraction of sp³-hybridized carbons (Fsp3) is 0.333. The maximum atomic E-state index is 12.7. The Morgan fingerprint density at radius 1 is 1.40 bits per heavy atom. The van der Waals surface area contributed by atoms with Crippen molar-refractivity contribution in [1.29, 1.82) is 0 Å². The third kappa shape index (κ3) is 2.10. The Morgan fingerprint density at radius 2 is 2.15 bits per heavy atom. The quantitative estimate of drug-likeness (QED) is 0.850. The molecule has 104 valence electrons. The van der Waals surface area contributed by atoms with Gasteiger partial charge in [0.25, 0.3) is 5.91 Å². The van der Waals surface area contributed by atoms with Gasteiger partial charge in [0, 0.05) is 30.9 Å². The lowest BCUT2D eigenvalue weighted by Gasteiger charge is -2.32. The van der Waals surface area contributed by atoms with Gasteiger partial charge in [-0.15, -0.1) is 0 Å². The van der Waals surface area contributed by atoms with Crippen LogP contribution in [0.15, 0.2) is 30.5 Å². The largest absolute Gasteiger partial charge is 0.391 e. The Balaban J connectivity index is 2.02. The predicted molar refractivity (Wildman–Crippen MR) is 75.8 cm³/mol. The van der Waals surface area contributed by atoms with E-state index in [1.165, 1.54) is 0 Å². The molecule has 1 aliphatic heterocycles. The van der Waals surface area contributed by atoms with Gasteiger partial charge in [0.15, 0.2) is 5.69 Å². The monoisotopic (exact) mass is 271 g/mol. The second kappa shape index (κ2) is 4.76. The van der Waals surface area contributed by atoms with Crippen LogP contribution in [-0.4, -0.2) is 33.4 Å². The lowest BCUT2D eigenvalue weighted by Crippen LogP contribution is -2.42. The van der Waals surface area contributed by atoms with E-state index in [0.29, 0.717) is 18.7 Å². The van der Waals surface area contributed by atoms with Crippen molar-refractivity contribution < 1.29 is 9.90 Å². The van der Waals surface area contributed by atoms with Gasteiger partial charge in [-0.2, -0.15) is 5.10 Å². The molecule has 0 bridgehead atoms. The molecule has 1 N–H and O–H groups in total. The zero-order valence-electron chi connectivity index (χ0n) is 11.6. The van der Waals surface area contributed by atoms with Crippen LogP contribution in [0.1, 0.15) is 21.6 Å². The standard InChI is InChI=1S/C15H17N3O2/c1-10-8-17(2)16-14(10)15(20)18-9-12(19)7-11-5-3-4-6-13(11)18/h3-6,8,12,19H,7,9H2,1-2H3. The molecule has 1 atom stereocenters. The van der Waals surface area contributed by atoms with Gasteiger partial charge in [-0.25, -0.2) is 0 Å². The maximum Gasteiger partial charge on any atom is 0.279 e. The van der Waals surface area contributed by atoms with Crippen molar-refractivity contribution in [2.45, 2.75) is 19.4 Å². The summed E-state index contributed by atoms with van der Waals surface area (Å²) >= 11 is 0. The highest BCUT2D eigenvalue weighted by Crippen LogP contribution is 2.28. The minimum atomic E-state index is -0.530. The summed E-state index contributed by atoms with van der Waals surface area (Å²) in [6.45, 7) is 2.18. The second-order valence-corrected chi connectivity index (χ2v) is 5.24. The molecule has 1 amide bonds. The summed E-state index contributed by atoms with van der Waals surface area (Å²) < 4.78 is 1.63. The highest BCUT2D eigenvalue weighted by atomic mass is 16.3. The van der Waals surface area contributed by atoms with Crippen LogP contribution >= 0.6 is 0 Å². The summed E-state index contributed by atoms with van der Waals surface area (Å²) in [6, 6.07) is 7.69. The minimum absolute atomic E-state index is 0.158. The first-order valence-corrected chi connectivity index (χ1v) is 6.64. The Morgan fingerprint density at radius 3 is 2.85 bits per heavy atom. The summed E-state index contributed by atoms with van der Waals surface area (Å²) in [5.74, 6) is -0.158. The van der Waals surface area contributed by atoms with Crippen LogP contribution in [-0.2, 0) is 13.5 Å². The molecule has 0 aliphatic carbocycles. The molecule has 20 heavy (non-hydrogen) atoms. The van der Waals surface area contributed by atoms with E-state index < -0.39 is 6.10 Å². The van der Waals surface area contributed by atoms with Crippen molar-refractivity contribution in [1.82, 2.24) is 9.78 Å². The Hall–Kier alpha value is -2.14. The van der Waals surface area contributed by atoms with Crippen LogP contribution in [0.4, 0.5) is 5.69 Å². The molecule has 0 radical (unpaired) electrons. The Bertz CT molecular complexity index is 663. The zero-order valence-corrected chi connectivity index (χ0v) is 11.6. The number of benzene rings is 1. The minimum Gasteiger partial charge on any atom is -0.391 e. The number of hydrogen-bond donors (Lipinski definition) is 1. The number of hydrogen-bond acceptors (Lipinski definition) is 3. The number of aliphatic hydroxyl groups excluding tert-OH is 1. The molecular weight excluding hydrogens is 254 g/mol. The number of rotatable bonds is 1. The summed E-state index contributed by atoms with van der Waals surface area (Å²) in [6.07, 6.45) is 1.87. The van der Waals surface area contributed by atoms with Crippen LogP contribution < -0.4 is 4.90 Å². The second-order valence-electron chi connectivity index (χ2n) is 5.24. The molecule has 3 rings (SSSR count). The number of β-amino-alcohol motifs (C(OH)–C–C–N with tert-alkyl or cyclic N) is 1. The third-order valence-electron chi connectivity index (χ3n) is 3.59. The average Bonchev–Trinajstić information content (AvgIpc) is 2.76. The Kier molecular flexibility index (Phi) is 3.06. The van der Waals surface area contributed by atoms with E-state index in [-0.39, 0.29) is 5.91 Å². The van der Waals surface area contributed by atoms with Gasteiger partial charge < -0.3 is 10.0 Å². The number of aromatic nitrogens is 2. The van der Waals surface area contributed by atoms with Crippen LogP contribution in [0.5, 0.6) is 0 Å². The van der Waals surface area contributed by atoms with Gasteiger partial charge in [0.05, 0.1) is 12.6 Å². The molecule has 1 aromatic carbocycles. The summed E-state index contributed by atoms with van der Waals surface area (Å²) in [5.41, 5.74) is 3.15. The normalized spacial score (nSPS) is 17.9. The fourth-order valence-electron chi connectivity index (χ4n) is 2.71. The number of aliphatic hydroxyl groups is 1. The number of carbonyl (C=O) groups excluding carboxylic acids is 1. The number of nitrogens with zero attached hydrogens (tertiary/aromatic N) is 3. The smallest absolute Gasteiger partial charge is 0.279 e. The third-order valence-corrected chi connectivity index (χ3v) is 3.59. The maximum absolute atomic E-state index is 12.7. The molecular formula is C15H17N3O2. The molecule has 1 unspecified atom stereocenters. The van der Waals surface area contributed by atoms with Crippen LogP contribution in [0.2, 0.25) is 0 Å². The van der Waals surface area contributed by atoms with Gasteiger partial charge in [-0.05, 0) is 18.6 Å². The number of aryl methyl sites for hydroxylation is 2. The summed E-state index contributed by atoms with van der Waals surface area (Å²) in [4.78, 5) is 14.3. The number of para-hydroxylation sites is 1. The van der Waals surface area contributed by atoms with E-state index in [9.17, 15) is 9.90 Å². The zero-order chi connectivity index (χ0) is 14.3. The van der Waals surface area contributed by atoms with E-state index in [4.69, 9.17) is 0 Å². The topological polar surface area (TPSA) is 58.4 Å².